The van der Waals surface area contributed by atoms with Crippen LogP contribution in [0.25, 0.3) is 0 Å². The molecule has 0 radical (unpaired) electrons. The third-order valence-corrected chi connectivity index (χ3v) is 3.51. The van der Waals surface area contributed by atoms with Crippen molar-refractivity contribution < 1.29 is 4.74 Å². The predicted molar refractivity (Wildman–Crippen MR) is 70.8 cm³/mol. The van der Waals surface area contributed by atoms with E-state index in [0.717, 1.165) is 18.8 Å². The SMILES string of the molecule is CCOc1ccc(C(NC)C2CNC2)cc1Cl. The van der Waals surface area contributed by atoms with Gasteiger partial charge in [-0.3, -0.25) is 0 Å². The standard InChI is InChI=1S/C13H19ClN2O/c1-3-17-12-5-4-9(6-11(12)14)13(15-2)10-7-16-8-10/h4-6,10,13,15-16H,3,7-8H2,1-2H3. The van der Waals surface area contributed by atoms with Crippen LogP contribution < -0.4 is 15.4 Å². The van der Waals surface area contributed by atoms with Crippen LogP contribution in [0.1, 0.15) is 18.5 Å². The topological polar surface area (TPSA) is 33.3 Å². The monoisotopic (exact) mass is 254 g/mol. The molecule has 1 atom stereocenters. The van der Waals surface area contributed by atoms with E-state index < -0.39 is 0 Å². The highest BCUT2D eigenvalue weighted by Gasteiger charge is 2.27. The molecular weight excluding hydrogens is 236 g/mol. The van der Waals surface area contributed by atoms with Gasteiger partial charge in [-0.1, -0.05) is 17.7 Å². The second-order valence-electron chi connectivity index (χ2n) is 4.31. The van der Waals surface area contributed by atoms with Crippen molar-refractivity contribution in [1.82, 2.24) is 10.6 Å². The highest BCUT2D eigenvalue weighted by Crippen LogP contribution is 2.31. The molecule has 1 unspecified atom stereocenters. The Morgan fingerprint density at radius 3 is 2.76 bits per heavy atom. The summed E-state index contributed by atoms with van der Waals surface area (Å²) in [6.45, 7) is 4.73. The van der Waals surface area contributed by atoms with Gasteiger partial charge in [0.1, 0.15) is 5.75 Å². The largest absolute Gasteiger partial charge is 0.492 e. The van der Waals surface area contributed by atoms with E-state index in [0.29, 0.717) is 23.6 Å². The lowest BCUT2D eigenvalue weighted by Crippen LogP contribution is -2.48. The van der Waals surface area contributed by atoms with Gasteiger partial charge in [-0.2, -0.15) is 0 Å². The Bertz CT molecular complexity index is 380. The number of hydrogen-bond donors (Lipinski definition) is 2. The Labute approximate surface area is 107 Å². The van der Waals surface area contributed by atoms with Crippen LogP contribution in [0.4, 0.5) is 0 Å². The van der Waals surface area contributed by atoms with Crippen LogP contribution >= 0.6 is 11.6 Å². The van der Waals surface area contributed by atoms with Crippen LogP contribution in [0, 0.1) is 5.92 Å². The van der Waals surface area contributed by atoms with Gasteiger partial charge in [0.05, 0.1) is 11.6 Å². The second kappa shape index (κ2) is 5.71. The summed E-state index contributed by atoms with van der Waals surface area (Å²) >= 11 is 6.21. The fraction of sp³-hybridized carbons (Fsp3) is 0.538. The van der Waals surface area contributed by atoms with E-state index in [1.54, 1.807) is 0 Å². The van der Waals surface area contributed by atoms with Crippen LogP contribution in [0.5, 0.6) is 5.75 Å². The fourth-order valence-corrected chi connectivity index (χ4v) is 2.45. The summed E-state index contributed by atoms with van der Waals surface area (Å²) in [5.41, 5.74) is 1.23. The van der Waals surface area contributed by atoms with Gasteiger partial charge in [0.25, 0.3) is 0 Å². The molecule has 0 saturated carbocycles. The van der Waals surface area contributed by atoms with Crippen LogP contribution in [0.15, 0.2) is 18.2 Å². The highest BCUT2D eigenvalue weighted by atomic mass is 35.5. The van der Waals surface area contributed by atoms with Crippen molar-refractivity contribution >= 4 is 11.6 Å². The molecular formula is C13H19ClN2O. The van der Waals surface area contributed by atoms with Gasteiger partial charge in [-0.15, -0.1) is 0 Å². The fourth-order valence-electron chi connectivity index (χ4n) is 2.20. The number of benzene rings is 1. The lowest BCUT2D eigenvalue weighted by molar-refractivity contribution is 0.267. The Morgan fingerprint density at radius 2 is 2.29 bits per heavy atom. The van der Waals surface area contributed by atoms with Gasteiger partial charge < -0.3 is 15.4 Å². The zero-order valence-electron chi connectivity index (χ0n) is 10.3. The summed E-state index contributed by atoms with van der Waals surface area (Å²) < 4.78 is 5.44. The summed E-state index contributed by atoms with van der Waals surface area (Å²) in [6, 6.07) is 6.42. The quantitative estimate of drug-likeness (QED) is 0.845. The van der Waals surface area contributed by atoms with Crippen LogP contribution in [0.2, 0.25) is 5.02 Å². The minimum Gasteiger partial charge on any atom is -0.492 e. The Balaban J connectivity index is 2.16. The summed E-state index contributed by atoms with van der Waals surface area (Å²) in [5, 5.41) is 7.35. The van der Waals surface area contributed by atoms with E-state index in [-0.39, 0.29) is 0 Å². The second-order valence-corrected chi connectivity index (χ2v) is 4.71. The summed E-state index contributed by atoms with van der Waals surface area (Å²) in [4.78, 5) is 0. The minimum atomic E-state index is 0.365. The zero-order valence-corrected chi connectivity index (χ0v) is 11.1. The number of rotatable bonds is 5. The first-order valence-electron chi connectivity index (χ1n) is 6.06. The van der Waals surface area contributed by atoms with Crippen molar-refractivity contribution in [3.05, 3.63) is 28.8 Å². The molecule has 0 aliphatic carbocycles. The molecule has 0 spiro atoms. The van der Waals surface area contributed by atoms with Gasteiger partial charge in [0.15, 0.2) is 0 Å². The number of hydrogen-bond acceptors (Lipinski definition) is 3. The van der Waals surface area contributed by atoms with Crippen LogP contribution in [-0.2, 0) is 0 Å². The maximum absolute atomic E-state index is 6.21. The number of halogens is 1. The van der Waals surface area contributed by atoms with E-state index in [2.05, 4.69) is 16.7 Å². The van der Waals surface area contributed by atoms with Crippen molar-refractivity contribution in [1.29, 1.82) is 0 Å². The molecule has 4 heteroatoms. The molecule has 2 rings (SSSR count). The lowest BCUT2D eigenvalue weighted by Gasteiger charge is -2.35. The first-order valence-corrected chi connectivity index (χ1v) is 6.44. The molecule has 1 fully saturated rings. The minimum absolute atomic E-state index is 0.365. The van der Waals surface area contributed by atoms with Crippen LogP contribution in [0.3, 0.4) is 0 Å². The molecule has 0 aromatic heterocycles. The third-order valence-electron chi connectivity index (χ3n) is 3.21. The van der Waals surface area contributed by atoms with Crippen molar-refractivity contribution in [3.8, 4) is 5.75 Å². The van der Waals surface area contributed by atoms with Gasteiger partial charge in [0, 0.05) is 25.0 Å². The Kier molecular flexibility index (Phi) is 4.26. The van der Waals surface area contributed by atoms with E-state index in [9.17, 15) is 0 Å². The summed E-state index contributed by atoms with van der Waals surface area (Å²) in [7, 11) is 1.99. The molecule has 3 nitrogen and oxygen atoms in total. The molecule has 1 saturated heterocycles. The van der Waals surface area contributed by atoms with E-state index in [1.165, 1.54) is 5.56 Å². The molecule has 17 heavy (non-hydrogen) atoms. The van der Waals surface area contributed by atoms with Gasteiger partial charge in [0.2, 0.25) is 0 Å². The normalized spacial score (nSPS) is 17.6. The number of ether oxygens (including phenoxy) is 1. The summed E-state index contributed by atoms with van der Waals surface area (Å²) in [6.07, 6.45) is 0. The predicted octanol–water partition coefficient (Wildman–Crippen LogP) is 2.22. The first-order chi connectivity index (χ1) is 8.26. The Hall–Kier alpha value is -0.770. The van der Waals surface area contributed by atoms with E-state index >= 15 is 0 Å². The average Bonchev–Trinajstić information content (AvgIpc) is 2.26. The van der Waals surface area contributed by atoms with Crippen molar-refractivity contribution in [2.24, 2.45) is 5.92 Å². The Morgan fingerprint density at radius 1 is 1.53 bits per heavy atom. The molecule has 94 valence electrons. The molecule has 0 amide bonds. The maximum Gasteiger partial charge on any atom is 0.137 e. The van der Waals surface area contributed by atoms with Crippen molar-refractivity contribution in [2.75, 3.05) is 26.7 Å². The van der Waals surface area contributed by atoms with Gasteiger partial charge in [-0.05, 0) is 31.7 Å². The molecule has 1 aromatic carbocycles. The molecule has 1 aliphatic heterocycles. The smallest absolute Gasteiger partial charge is 0.137 e. The van der Waals surface area contributed by atoms with Crippen molar-refractivity contribution in [2.45, 2.75) is 13.0 Å². The lowest BCUT2D eigenvalue weighted by atomic mass is 9.88. The molecule has 1 heterocycles. The van der Waals surface area contributed by atoms with Gasteiger partial charge >= 0.3 is 0 Å². The van der Waals surface area contributed by atoms with Gasteiger partial charge in [-0.25, -0.2) is 0 Å². The number of nitrogens with one attached hydrogen (secondary N) is 2. The van der Waals surface area contributed by atoms with Crippen molar-refractivity contribution in [3.63, 3.8) is 0 Å². The third kappa shape index (κ3) is 2.73. The molecule has 2 N–H and O–H groups in total. The maximum atomic E-state index is 6.21. The molecule has 1 aliphatic rings. The average molecular weight is 255 g/mol. The van der Waals surface area contributed by atoms with Crippen LogP contribution in [-0.4, -0.2) is 26.7 Å². The highest BCUT2D eigenvalue weighted by molar-refractivity contribution is 6.32. The molecule has 0 bridgehead atoms. The van der Waals surface area contributed by atoms with E-state index in [4.69, 9.17) is 16.3 Å². The first kappa shape index (κ1) is 12.7. The molecule has 1 aromatic rings. The summed E-state index contributed by atoms with van der Waals surface area (Å²) in [5.74, 6) is 1.41. The zero-order chi connectivity index (χ0) is 12.3. The van der Waals surface area contributed by atoms with E-state index in [1.807, 2.05) is 26.1 Å².